The first-order valence-electron chi connectivity index (χ1n) is 9.08. The van der Waals surface area contributed by atoms with Crippen molar-refractivity contribution < 1.29 is 23.8 Å². The van der Waals surface area contributed by atoms with Crippen molar-refractivity contribution >= 4 is 23.1 Å². The van der Waals surface area contributed by atoms with E-state index in [1.807, 2.05) is 0 Å². The van der Waals surface area contributed by atoms with Gasteiger partial charge in [0, 0.05) is 42.6 Å². The molecule has 2 fully saturated rings. The number of aliphatic hydroxyl groups is 1. The highest BCUT2D eigenvalue weighted by molar-refractivity contribution is 5.88. The fourth-order valence-corrected chi connectivity index (χ4v) is 3.85. The Kier molecular flexibility index (Phi) is 5.66. The van der Waals surface area contributed by atoms with Gasteiger partial charge in [-0.25, -0.2) is 8.78 Å². The van der Waals surface area contributed by atoms with Crippen LogP contribution >= 0.6 is 0 Å². The van der Waals surface area contributed by atoms with Crippen LogP contribution < -0.4 is 16.2 Å². The molecule has 28 heavy (non-hydrogen) atoms. The fraction of sp³-hybridized carbons (Fsp3) is 0.474. The Bertz CT molecular complexity index is 945. The fourth-order valence-electron chi connectivity index (χ4n) is 3.85. The third-order valence-electron chi connectivity index (χ3n) is 5.29. The topological polar surface area (TPSA) is 109 Å². The molecule has 1 saturated carbocycles. The number of aliphatic hydroxyl groups excluding tert-OH is 1. The Morgan fingerprint density at radius 1 is 1.36 bits per heavy atom. The Morgan fingerprint density at radius 2 is 2.04 bits per heavy atom. The van der Waals surface area contributed by atoms with Crippen molar-refractivity contribution in [2.24, 2.45) is 5.73 Å². The zero-order valence-corrected chi connectivity index (χ0v) is 15.3. The maximum Gasteiger partial charge on any atom is 0.290 e. The van der Waals surface area contributed by atoms with Gasteiger partial charge in [-0.3, -0.25) is 9.59 Å². The van der Waals surface area contributed by atoms with E-state index < -0.39 is 18.1 Å². The highest BCUT2D eigenvalue weighted by atomic mass is 19.1. The average Bonchev–Trinajstić information content (AvgIpc) is 3.43. The maximum atomic E-state index is 14.8. The van der Waals surface area contributed by atoms with Crippen LogP contribution in [0.1, 0.15) is 30.9 Å². The molecule has 9 heteroatoms. The van der Waals surface area contributed by atoms with Crippen molar-refractivity contribution in [3.8, 4) is 0 Å². The Morgan fingerprint density at radius 3 is 2.57 bits per heavy atom. The van der Waals surface area contributed by atoms with Gasteiger partial charge in [-0.15, -0.1) is 0 Å². The van der Waals surface area contributed by atoms with E-state index in [1.54, 1.807) is 15.5 Å². The van der Waals surface area contributed by atoms with Gasteiger partial charge in [0.2, 0.25) is 0 Å². The normalized spacial score (nSPS) is 21.5. The highest BCUT2D eigenvalue weighted by Crippen LogP contribution is 2.40. The summed E-state index contributed by atoms with van der Waals surface area (Å²) in [4.78, 5) is 22.3. The van der Waals surface area contributed by atoms with Gasteiger partial charge in [-0.1, -0.05) is 0 Å². The maximum absolute atomic E-state index is 14.8. The van der Waals surface area contributed by atoms with Gasteiger partial charge in [0.15, 0.2) is 0 Å². The summed E-state index contributed by atoms with van der Waals surface area (Å²) in [5, 5.41) is 17.4. The lowest BCUT2D eigenvalue weighted by Crippen LogP contribution is -2.36. The van der Waals surface area contributed by atoms with Gasteiger partial charge >= 0.3 is 0 Å². The minimum absolute atomic E-state index is 0.0145. The molecule has 0 bridgehead atoms. The van der Waals surface area contributed by atoms with E-state index in [9.17, 15) is 18.7 Å². The number of carbonyl (C=O) groups is 1. The standard InChI is InChI=1S/C18H21F2N3O2.CH2O2/c19-14-7-11-1-4-15(25)23(12-2-3-12)16(11)13(8-24)17(14)22-6-5-18(20,9-21)10-22;2-1-3/h1,4,7,12,24H,2-3,5-6,8-10,21H2;1H,(H,2,3). The minimum atomic E-state index is -1.55. The molecular formula is C19H23F2N3O4. The first-order valence-corrected chi connectivity index (χ1v) is 9.08. The molecule has 7 nitrogen and oxygen atoms in total. The van der Waals surface area contributed by atoms with Crippen molar-refractivity contribution in [3.63, 3.8) is 0 Å². The van der Waals surface area contributed by atoms with Crippen LogP contribution in [-0.4, -0.2) is 46.6 Å². The summed E-state index contributed by atoms with van der Waals surface area (Å²) in [5.41, 5.74) is 4.88. The van der Waals surface area contributed by atoms with Crippen LogP contribution in [0.3, 0.4) is 0 Å². The number of hydrogen-bond acceptors (Lipinski definition) is 5. The molecule has 1 unspecified atom stereocenters. The summed E-state index contributed by atoms with van der Waals surface area (Å²) in [6.07, 6.45) is 2.00. The third kappa shape index (κ3) is 3.59. The second kappa shape index (κ2) is 7.84. The van der Waals surface area contributed by atoms with Gasteiger partial charge < -0.3 is 25.4 Å². The molecule has 4 rings (SSSR count). The molecule has 2 heterocycles. The van der Waals surface area contributed by atoms with Crippen molar-refractivity contribution in [2.45, 2.75) is 37.6 Å². The second-order valence-electron chi connectivity index (χ2n) is 7.19. The molecule has 1 aliphatic carbocycles. The summed E-state index contributed by atoms with van der Waals surface area (Å²) >= 11 is 0. The zero-order valence-electron chi connectivity index (χ0n) is 15.3. The van der Waals surface area contributed by atoms with E-state index in [4.69, 9.17) is 15.6 Å². The summed E-state index contributed by atoms with van der Waals surface area (Å²) < 4.78 is 31.0. The number of nitrogens with two attached hydrogens (primary N) is 1. The van der Waals surface area contributed by atoms with Crippen molar-refractivity contribution in [1.82, 2.24) is 4.57 Å². The van der Waals surface area contributed by atoms with Crippen LogP contribution in [0, 0.1) is 5.82 Å². The van der Waals surface area contributed by atoms with Crippen molar-refractivity contribution in [2.75, 3.05) is 24.5 Å². The summed E-state index contributed by atoms with van der Waals surface area (Å²) in [6.45, 7) is -0.485. The largest absolute Gasteiger partial charge is 0.483 e. The lowest BCUT2D eigenvalue weighted by molar-refractivity contribution is -0.122. The molecule has 0 spiro atoms. The van der Waals surface area contributed by atoms with Gasteiger partial charge in [-0.2, -0.15) is 0 Å². The second-order valence-corrected chi connectivity index (χ2v) is 7.19. The predicted octanol–water partition coefficient (Wildman–Crippen LogP) is 1.55. The van der Waals surface area contributed by atoms with Crippen LogP contribution in [0.5, 0.6) is 0 Å². The number of benzene rings is 1. The van der Waals surface area contributed by atoms with Gasteiger partial charge in [-0.05, 0) is 25.0 Å². The number of anilines is 1. The van der Waals surface area contributed by atoms with Crippen LogP contribution in [0.25, 0.3) is 10.9 Å². The molecule has 2 aliphatic rings. The van der Waals surface area contributed by atoms with E-state index in [1.165, 1.54) is 12.1 Å². The van der Waals surface area contributed by atoms with E-state index >= 15 is 0 Å². The minimum Gasteiger partial charge on any atom is -0.483 e. The number of pyridine rings is 1. The lowest BCUT2D eigenvalue weighted by atomic mass is 10.0. The summed E-state index contributed by atoms with van der Waals surface area (Å²) in [5.74, 6) is -0.515. The van der Waals surface area contributed by atoms with Gasteiger partial charge in [0.1, 0.15) is 11.5 Å². The molecule has 1 aromatic carbocycles. The van der Waals surface area contributed by atoms with E-state index in [-0.39, 0.29) is 43.3 Å². The van der Waals surface area contributed by atoms with E-state index in [2.05, 4.69) is 0 Å². The number of nitrogens with zero attached hydrogens (tertiary/aromatic N) is 2. The first kappa shape index (κ1) is 20.2. The zero-order chi connectivity index (χ0) is 20.5. The van der Waals surface area contributed by atoms with Crippen LogP contribution in [0.15, 0.2) is 23.0 Å². The van der Waals surface area contributed by atoms with Crippen molar-refractivity contribution in [1.29, 1.82) is 0 Å². The number of halogens is 2. The highest BCUT2D eigenvalue weighted by Gasteiger charge is 2.39. The molecule has 152 valence electrons. The van der Waals surface area contributed by atoms with Crippen LogP contribution in [0.4, 0.5) is 14.5 Å². The third-order valence-corrected chi connectivity index (χ3v) is 5.29. The predicted molar refractivity (Wildman–Crippen MR) is 101 cm³/mol. The number of rotatable bonds is 4. The van der Waals surface area contributed by atoms with E-state index in [0.29, 0.717) is 23.0 Å². The number of aromatic nitrogens is 1. The molecular weight excluding hydrogens is 372 g/mol. The number of fused-ring (bicyclic) bond motifs is 1. The molecule has 1 atom stereocenters. The number of hydrogen-bond donors (Lipinski definition) is 3. The lowest BCUT2D eigenvalue weighted by Gasteiger charge is -2.25. The number of carboxylic acid groups (broad SMARTS) is 1. The molecule has 1 aromatic heterocycles. The quantitative estimate of drug-likeness (QED) is 0.678. The number of alkyl halides is 1. The van der Waals surface area contributed by atoms with Crippen molar-refractivity contribution in [3.05, 3.63) is 39.9 Å². The van der Waals surface area contributed by atoms with Gasteiger partial charge in [0.05, 0.1) is 24.4 Å². The summed E-state index contributed by atoms with van der Waals surface area (Å²) in [7, 11) is 0. The Labute approximate surface area is 160 Å². The summed E-state index contributed by atoms with van der Waals surface area (Å²) in [6, 6.07) is 4.45. The first-order chi connectivity index (χ1) is 13.4. The van der Waals surface area contributed by atoms with Gasteiger partial charge in [0.25, 0.3) is 12.0 Å². The Hall–Kier alpha value is -2.52. The monoisotopic (exact) mass is 395 g/mol. The van der Waals surface area contributed by atoms with Crippen LogP contribution in [0.2, 0.25) is 0 Å². The SMILES string of the molecule is NCC1(F)CCN(c2c(F)cc3ccc(=O)n(C4CC4)c3c2CO)C1.O=CO. The molecule has 0 radical (unpaired) electrons. The molecule has 2 aromatic rings. The molecule has 4 N–H and O–H groups in total. The average molecular weight is 395 g/mol. The van der Waals surface area contributed by atoms with Crippen LogP contribution in [-0.2, 0) is 11.4 Å². The smallest absolute Gasteiger partial charge is 0.290 e. The molecule has 1 aliphatic heterocycles. The molecule has 0 amide bonds. The molecule has 1 saturated heterocycles. The Balaban J connectivity index is 0.000000706. The van der Waals surface area contributed by atoms with E-state index in [0.717, 1.165) is 12.8 Å².